The number of nitrogens with one attached hydrogen (secondary N) is 1. The van der Waals surface area contributed by atoms with Crippen LogP contribution in [0.3, 0.4) is 0 Å². The molecule has 1 atom stereocenters. The molecule has 0 bridgehead atoms. The first-order valence-electron chi connectivity index (χ1n) is 5.13. The van der Waals surface area contributed by atoms with E-state index < -0.39 is 33.5 Å². The third kappa shape index (κ3) is 5.70. The van der Waals surface area contributed by atoms with Crippen LogP contribution in [-0.4, -0.2) is 37.2 Å². The number of amides is 1. The molecule has 0 spiro atoms. The monoisotopic (exact) mass is 369 g/mol. The Labute approximate surface area is 122 Å². The van der Waals surface area contributed by atoms with Gasteiger partial charge in [-0.1, -0.05) is 0 Å². The fourth-order valence-corrected chi connectivity index (χ4v) is 4.79. The second kappa shape index (κ2) is 6.49. The minimum Gasteiger partial charge on any atom is -0.480 e. The summed E-state index contributed by atoms with van der Waals surface area (Å²) in [6.07, 6.45) is 0. The lowest BCUT2D eigenvalue weighted by Crippen LogP contribution is -2.44. The second-order valence-corrected chi connectivity index (χ2v) is 7.90. The fraction of sp³-hybridized carbons (Fsp3) is 0.400. The van der Waals surface area contributed by atoms with Crippen LogP contribution in [0, 0.1) is 0 Å². The van der Waals surface area contributed by atoms with E-state index in [9.17, 15) is 18.0 Å². The first-order chi connectivity index (χ1) is 8.69. The van der Waals surface area contributed by atoms with E-state index in [-0.39, 0.29) is 5.75 Å². The summed E-state index contributed by atoms with van der Waals surface area (Å²) in [6.45, 7) is 1.14. The lowest BCUT2D eigenvalue weighted by Gasteiger charge is -2.13. The average Bonchev–Trinajstić information content (AvgIpc) is 2.60. The Morgan fingerprint density at radius 2 is 2.16 bits per heavy atom. The molecule has 106 valence electrons. The number of carboxylic acid groups (broad SMARTS) is 1. The molecule has 0 radical (unpaired) electrons. The van der Waals surface area contributed by atoms with E-state index in [1.807, 2.05) is 0 Å². The van der Waals surface area contributed by atoms with Crippen molar-refractivity contribution in [3.05, 3.63) is 20.8 Å². The number of aliphatic carboxylic acids is 1. The summed E-state index contributed by atoms with van der Waals surface area (Å²) in [5.74, 6) is -2.82. The van der Waals surface area contributed by atoms with E-state index in [0.717, 1.165) is 11.4 Å². The third-order valence-corrected chi connectivity index (χ3v) is 5.55. The number of carbonyl (C=O) groups excluding carboxylic acids is 1. The Morgan fingerprint density at radius 3 is 2.58 bits per heavy atom. The molecular formula is C10H12BrNO5S2. The highest BCUT2D eigenvalue weighted by Gasteiger charge is 2.26. The first-order valence-corrected chi connectivity index (χ1v) is 8.62. The van der Waals surface area contributed by atoms with Gasteiger partial charge in [0.25, 0.3) is 0 Å². The Bertz CT molecular complexity index is 580. The zero-order valence-corrected chi connectivity index (χ0v) is 13.1. The Morgan fingerprint density at radius 1 is 1.53 bits per heavy atom. The van der Waals surface area contributed by atoms with Crippen molar-refractivity contribution in [2.24, 2.45) is 0 Å². The number of rotatable bonds is 6. The van der Waals surface area contributed by atoms with E-state index in [2.05, 4.69) is 21.2 Å². The van der Waals surface area contributed by atoms with Gasteiger partial charge in [-0.2, -0.15) is 0 Å². The van der Waals surface area contributed by atoms with Gasteiger partial charge in [0.1, 0.15) is 6.04 Å². The summed E-state index contributed by atoms with van der Waals surface area (Å²) >= 11 is 4.48. The van der Waals surface area contributed by atoms with Crippen molar-refractivity contribution >= 4 is 49.0 Å². The van der Waals surface area contributed by atoms with E-state index in [1.165, 1.54) is 11.3 Å². The molecule has 9 heteroatoms. The summed E-state index contributed by atoms with van der Waals surface area (Å²) in [6, 6.07) is 0.238. The van der Waals surface area contributed by atoms with Crippen LogP contribution in [0.15, 0.2) is 15.9 Å². The van der Waals surface area contributed by atoms with Crippen LogP contribution in [0.1, 0.15) is 11.8 Å². The van der Waals surface area contributed by atoms with Crippen molar-refractivity contribution in [2.45, 2.75) is 18.7 Å². The van der Waals surface area contributed by atoms with Gasteiger partial charge in [0.15, 0.2) is 9.84 Å². The third-order valence-electron chi connectivity index (χ3n) is 2.08. The lowest BCUT2D eigenvalue weighted by atomic mass is 10.3. The van der Waals surface area contributed by atoms with Crippen molar-refractivity contribution in [1.29, 1.82) is 0 Å². The van der Waals surface area contributed by atoms with Gasteiger partial charge in [-0.15, -0.1) is 11.3 Å². The zero-order chi connectivity index (χ0) is 14.6. The number of thiophene rings is 1. The van der Waals surface area contributed by atoms with Crippen LogP contribution in [0.5, 0.6) is 0 Å². The molecular weight excluding hydrogens is 358 g/mol. The summed E-state index contributed by atoms with van der Waals surface area (Å²) in [5, 5.41) is 12.7. The van der Waals surface area contributed by atoms with Gasteiger partial charge >= 0.3 is 5.97 Å². The molecule has 0 fully saturated rings. The number of carboxylic acids is 1. The average molecular weight is 370 g/mol. The van der Waals surface area contributed by atoms with Crippen molar-refractivity contribution in [3.63, 3.8) is 0 Å². The summed E-state index contributed by atoms with van der Waals surface area (Å²) in [7, 11) is -3.62. The molecule has 19 heavy (non-hydrogen) atoms. The Hall–Kier alpha value is -0.930. The number of halogens is 1. The number of sulfone groups is 1. The van der Waals surface area contributed by atoms with Crippen molar-refractivity contribution in [2.75, 3.05) is 5.75 Å². The number of hydrogen-bond acceptors (Lipinski definition) is 5. The Kier molecular flexibility index (Phi) is 5.50. The molecule has 1 heterocycles. The fourth-order valence-electron chi connectivity index (χ4n) is 1.38. The molecule has 0 aliphatic rings. The normalized spacial score (nSPS) is 12.9. The smallest absolute Gasteiger partial charge is 0.327 e. The zero-order valence-electron chi connectivity index (χ0n) is 9.92. The topological polar surface area (TPSA) is 101 Å². The molecule has 1 amide bonds. The van der Waals surface area contributed by atoms with Crippen LogP contribution < -0.4 is 5.32 Å². The molecule has 1 unspecified atom stereocenters. The van der Waals surface area contributed by atoms with E-state index in [4.69, 9.17) is 5.11 Å². The van der Waals surface area contributed by atoms with Crippen molar-refractivity contribution < 1.29 is 23.1 Å². The van der Waals surface area contributed by atoms with E-state index in [1.54, 1.807) is 11.4 Å². The van der Waals surface area contributed by atoms with Gasteiger partial charge in [0.2, 0.25) is 5.91 Å². The molecule has 1 aromatic heterocycles. The van der Waals surface area contributed by atoms with Gasteiger partial charge in [-0.05, 0) is 22.0 Å². The van der Waals surface area contributed by atoms with Gasteiger partial charge < -0.3 is 10.4 Å². The van der Waals surface area contributed by atoms with Gasteiger partial charge in [0, 0.05) is 21.7 Å². The Balaban J connectivity index is 2.76. The van der Waals surface area contributed by atoms with Crippen LogP contribution >= 0.6 is 27.3 Å². The standard InChI is InChI=1S/C10H12BrNO5S2/c1-6(13)12-9(10(14)15)5-19(16,17)4-8-2-7(11)3-18-8/h2-3,9H,4-5H2,1H3,(H,12,13)(H,14,15). The van der Waals surface area contributed by atoms with E-state index in [0.29, 0.717) is 4.88 Å². The van der Waals surface area contributed by atoms with E-state index >= 15 is 0 Å². The van der Waals surface area contributed by atoms with Gasteiger partial charge in [-0.25, -0.2) is 13.2 Å². The maximum absolute atomic E-state index is 11.9. The minimum atomic E-state index is -3.62. The molecule has 2 N–H and O–H groups in total. The van der Waals surface area contributed by atoms with Crippen LogP contribution in [-0.2, 0) is 25.2 Å². The summed E-state index contributed by atoms with van der Waals surface area (Å²) in [4.78, 5) is 22.3. The molecule has 0 aromatic carbocycles. The number of hydrogen-bond donors (Lipinski definition) is 2. The summed E-state index contributed by atoms with van der Waals surface area (Å²) in [5.41, 5.74) is 0. The molecule has 1 aromatic rings. The number of carbonyl (C=O) groups is 2. The maximum Gasteiger partial charge on any atom is 0.327 e. The molecule has 0 saturated carbocycles. The highest BCUT2D eigenvalue weighted by Crippen LogP contribution is 2.22. The van der Waals surface area contributed by atoms with Crippen molar-refractivity contribution in [3.8, 4) is 0 Å². The lowest BCUT2D eigenvalue weighted by molar-refractivity contribution is -0.140. The molecule has 0 aliphatic carbocycles. The first kappa shape index (κ1) is 16.1. The SMILES string of the molecule is CC(=O)NC(CS(=O)(=O)Cc1cc(Br)cs1)C(=O)O. The predicted octanol–water partition coefficient (Wildman–Crippen LogP) is 1.01. The molecule has 1 rings (SSSR count). The minimum absolute atomic E-state index is 0.243. The highest BCUT2D eigenvalue weighted by molar-refractivity contribution is 9.10. The quantitative estimate of drug-likeness (QED) is 0.779. The largest absolute Gasteiger partial charge is 0.480 e. The predicted molar refractivity (Wildman–Crippen MR) is 74.8 cm³/mol. The van der Waals surface area contributed by atoms with Crippen molar-refractivity contribution in [1.82, 2.24) is 5.32 Å². The highest BCUT2D eigenvalue weighted by atomic mass is 79.9. The van der Waals surface area contributed by atoms with Crippen LogP contribution in [0.25, 0.3) is 0 Å². The van der Waals surface area contributed by atoms with Gasteiger partial charge in [-0.3, -0.25) is 4.79 Å². The van der Waals surface area contributed by atoms with Crippen LogP contribution in [0.4, 0.5) is 0 Å². The molecule has 0 saturated heterocycles. The summed E-state index contributed by atoms with van der Waals surface area (Å²) < 4.78 is 24.5. The molecule has 6 nitrogen and oxygen atoms in total. The van der Waals surface area contributed by atoms with Gasteiger partial charge in [0.05, 0.1) is 11.5 Å². The van der Waals surface area contributed by atoms with Crippen LogP contribution in [0.2, 0.25) is 0 Å². The second-order valence-electron chi connectivity index (χ2n) is 3.88. The maximum atomic E-state index is 11.9. The molecule has 0 aliphatic heterocycles.